The van der Waals surface area contributed by atoms with Crippen molar-refractivity contribution in [2.75, 3.05) is 6.54 Å². The van der Waals surface area contributed by atoms with E-state index in [4.69, 9.17) is 0 Å². The first-order valence-electron chi connectivity index (χ1n) is 11.3. The second-order valence-corrected chi connectivity index (χ2v) is 8.68. The normalized spacial score (nSPS) is 19.5. The van der Waals surface area contributed by atoms with E-state index >= 15 is 0 Å². The first-order valence-corrected chi connectivity index (χ1v) is 11.3. The number of likely N-dealkylation sites (tertiary alicyclic amines) is 1. The van der Waals surface area contributed by atoms with E-state index in [-0.39, 0.29) is 54.8 Å². The molecule has 0 bridgehead atoms. The molecule has 0 unspecified atom stereocenters. The minimum atomic E-state index is -0.383. The number of amides is 3. The Balaban J connectivity index is 1.41. The minimum absolute atomic E-state index is 0.0401. The third-order valence-electron chi connectivity index (χ3n) is 6.46. The summed E-state index contributed by atoms with van der Waals surface area (Å²) in [5, 5.41) is 0.469. The molecule has 3 aromatic rings. The van der Waals surface area contributed by atoms with Crippen molar-refractivity contribution in [1.82, 2.24) is 19.8 Å². The zero-order valence-corrected chi connectivity index (χ0v) is 18.5. The van der Waals surface area contributed by atoms with E-state index in [9.17, 15) is 19.2 Å². The lowest BCUT2D eigenvalue weighted by atomic mass is 9.85. The third kappa shape index (κ3) is 4.14. The van der Waals surface area contributed by atoms with Gasteiger partial charge >= 0.3 is 0 Å². The maximum absolute atomic E-state index is 13.4. The van der Waals surface area contributed by atoms with E-state index in [0.29, 0.717) is 29.6 Å². The lowest BCUT2D eigenvalue weighted by molar-refractivity contribution is -0.147. The smallest absolute Gasteiger partial charge is 0.258 e. The molecule has 2 aromatic carbocycles. The van der Waals surface area contributed by atoms with Crippen LogP contribution in [-0.2, 0) is 27.5 Å². The average Bonchev–Trinajstić information content (AvgIpc) is 3.09. The van der Waals surface area contributed by atoms with E-state index in [1.54, 1.807) is 24.3 Å². The second-order valence-electron chi connectivity index (χ2n) is 8.68. The van der Waals surface area contributed by atoms with Gasteiger partial charge in [0.25, 0.3) is 5.56 Å². The van der Waals surface area contributed by atoms with Gasteiger partial charge in [-0.3, -0.25) is 24.1 Å². The highest BCUT2D eigenvalue weighted by atomic mass is 16.2. The zero-order valence-electron chi connectivity index (χ0n) is 18.5. The summed E-state index contributed by atoms with van der Waals surface area (Å²) in [6.45, 7) is -0.0331. The molecule has 1 aromatic heterocycles. The molecule has 0 spiro atoms. The Bertz CT molecular complexity index is 1320. The molecular weight excluding hydrogens is 432 g/mol. The predicted molar refractivity (Wildman–Crippen MR) is 125 cm³/mol. The number of aromatic nitrogens is 2. The molecule has 8 nitrogen and oxygen atoms in total. The van der Waals surface area contributed by atoms with E-state index in [0.717, 1.165) is 10.5 Å². The Labute approximate surface area is 195 Å². The van der Waals surface area contributed by atoms with Gasteiger partial charge in [-0.05, 0) is 30.5 Å². The number of para-hydroxylation sites is 1. The van der Waals surface area contributed by atoms with Crippen LogP contribution in [0.2, 0.25) is 0 Å². The maximum Gasteiger partial charge on any atom is 0.258 e. The van der Waals surface area contributed by atoms with E-state index in [1.807, 2.05) is 42.5 Å². The summed E-state index contributed by atoms with van der Waals surface area (Å²) in [5.41, 5.74) is 1.14. The summed E-state index contributed by atoms with van der Waals surface area (Å²) in [6.07, 6.45) is 4.88. The molecule has 1 N–H and O–H groups in total. The van der Waals surface area contributed by atoms with Crippen molar-refractivity contribution in [2.24, 2.45) is 11.8 Å². The first-order chi connectivity index (χ1) is 16.5. The molecule has 1 aliphatic carbocycles. The molecule has 1 aliphatic heterocycles. The summed E-state index contributed by atoms with van der Waals surface area (Å²) in [5.74, 6) is -1.38. The van der Waals surface area contributed by atoms with Crippen molar-refractivity contribution >= 4 is 28.6 Å². The molecule has 2 aliphatic rings. The molecule has 8 heteroatoms. The number of carbonyl (C=O) groups is 3. The molecule has 2 atom stereocenters. The lowest BCUT2D eigenvalue weighted by Crippen LogP contribution is -2.43. The van der Waals surface area contributed by atoms with E-state index in [1.165, 1.54) is 4.90 Å². The molecule has 34 heavy (non-hydrogen) atoms. The number of nitrogens with zero attached hydrogens (tertiary/aromatic N) is 3. The first kappa shape index (κ1) is 21.8. The van der Waals surface area contributed by atoms with Gasteiger partial charge in [0, 0.05) is 6.54 Å². The predicted octanol–water partition coefficient (Wildman–Crippen LogP) is 2.40. The van der Waals surface area contributed by atoms with Gasteiger partial charge in [-0.2, -0.15) is 0 Å². The quantitative estimate of drug-likeness (QED) is 0.453. The van der Waals surface area contributed by atoms with Crippen LogP contribution < -0.4 is 5.56 Å². The lowest BCUT2D eigenvalue weighted by Gasteiger charge is -2.25. The molecule has 1 saturated heterocycles. The third-order valence-corrected chi connectivity index (χ3v) is 6.46. The van der Waals surface area contributed by atoms with Crippen LogP contribution in [0.5, 0.6) is 0 Å². The summed E-state index contributed by atoms with van der Waals surface area (Å²) in [7, 11) is 0. The number of hydrogen-bond acceptors (Lipinski definition) is 5. The average molecular weight is 457 g/mol. The zero-order chi connectivity index (χ0) is 23.7. The fourth-order valence-corrected chi connectivity index (χ4v) is 4.69. The van der Waals surface area contributed by atoms with Gasteiger partial charge < -0.3 is 9.88 Å². The van der Waals surface area contributed by atoms with Crippen molar-refractivity contribution in [3.63, 3.8) is 0 Å². The van der Waals surface area contributed by atoms with E-state index in [2.05, 4.69) is 9.97 Å². The van der Waals surface area contributed by atoms with Crippen molar-refractivity contribution in [3.05, 3.63) is 88.5 Å². The van der Waals surface area contributed by atoms with Gasteiger partial charge in [0.1, 0.15) is 12.4 Å². The fraction of sp³-hybridized carbons (Fsp3) is 0.269. The molecular formula is C26H24N4O4. The Hall–Kier alpha value is -4.07. The van der Waals surface area contributed by atoms with Gasteiger partial charge in [-0.15, -0.1) is 0 Å². The Morgan fingerprint density at radius 2 is 1.56 bits per heavy atom. The number of imide groups is 1. The molecule has 0 radical (unpaired) electrons. The van der Waals surface area contributed by atoms with Gasteiger partial charge in [-0.1, -0.05) is 54.6 Å². The maximum atomic E-state index is 13.4. The van der Waals surface area contributed by atoms with Crippen LogP contribution in [0.3, 0.4) is 0 Å². The number of carbonyl (C=O) groups excluding carboxylic acids is 3. The van der Waals surface area contributed by atoms with Crippen LogP contribution in [0.4, 0.5) is 0 Å². The largest absolute Gasteiger partial charge is 0.329 e. The van der Waals surface area contributed by atoms with E-state index < -0.39 is 0 Å². The summed E-state index contributed by atoms with van der Waals surface area (Å²) in [6, 6.07) is 16.4. The van der Waals surface area contributed by atoms with Gasteiger partial charge in [-0.25, -0.2) is 4.98 Å². The van der Waals surface area contributed by atoms with Crippen molar-refractivity contribution in [2.45, 2.75) is 25.9 Å². The second kappa shape index (κ2) is 9.05. The molecule has 172 valence electrons. The summed E-state index contributed by atoms with van der Waals surface area (Å²) < 4.78 is 0. The SMILES string of the molecule is O=C(CN1C(=O)[C@H]2CC=CC[C@@H]2C1=O)N(Cc1ccccc1)Cc1nc2ccccc2c(=O)[nH]1. The van der Waals surface area contributed by atoms with Gasteiger partial charge in [0.05, 0.1) is 29.3 Å². The van der Waals surface area contributed by atoms with Crippen LogP contribution in [0.15, 0.2) is 71.5 Å². The van der Waals surface area contributed by atoms with Crippen molar-refractivity contribution in [3.8, 4) is 0 Å². The topological polar surface area (TPSA) is 103 Å². The number of aromatic amines is 1. The number of benzene rings is 2. The van der Waals surface area contributed by atoms with Crippen molar-refractivity contribution < 1.29 is 14.4 Å². The minimum Gasteiger partial charge on any atom is -0.329 e. The number of allylic oxidation sites excluding steroid dienone is 2. The molecule has 3 amide bonds. The van der Waals surface area contributed by atoms with Crippen LogP contribution in [-0.4, -0.2) is 44.0 Å². The standard InChI is InChI=1S/C26H24N4O4/c31-23(16-30-25(33)18-10-4-5-11-19(18)26(30)34)29(14-17-8-2-1-3-9-17)15-22-27-21-13-7-6-12-20(21)24(32)28-22/h1-9,12-13,18-19H,10-11,14-16H2,(H,27,28,32)/t18-,19-/m0/s1. The highest BCUT2D eigenvalue weighted by Gasteiger charge is 2.47. The van der Waals surface area contributed by atoms with Crippen molar-refractivity contribution in [1.29, 1.82) is 0 Å². The Kier molecular flexibility index (Phi) is 5.79. The number of fused-ring (bicyclic) bond motifs is 2. The highest BCUT2D eigenvalue weighted by molar-refractivity contribution is 6.07. The number of H-pyrrole nitrogens is 1. The molecule has 1 fully saturated rings. The molecule has 0 saturated carbocycles. The number of nitrogens with one attached hydrogen (secondary N) is 1. The number of hydrogen-bond donors (Lipinski definition) is 1. The monoisotopic (exact) mass is 456 g/mol. The summed E-state index contributed by atoms with van der Waals surface area (Å²) >= 11 is 0. The summed E-state index contributed by atoms with van der Waals surface area (Å²) in [4.78, 5) is 61.5. The van der Waals surface area contributed by atoms with Crippen LogP contribution in [0.25, 0.3) is 10.9 Å². The van der Waals surface area contributed by atoms with Crippen LogP contribution >= 0.6 is 0 Å². The Morgan fingerprint density at radius 1 is 0.912 bits per heavy atom. The molecule has 5 rings (SSSR count). The number of rotatable bonds is 6. The molecule has 2 heterocycles. The van der Waals surface area contributed by atoms with Crippen LogP contribution in [0, 0.1) is 11.8 Å². The van der Waals surface area contributed by atoms with Gasteiger partial charge in [0.15, 0.2) is 0 Å². The highest BCUT2D eigenvalue weighted by Crippen LogP contribution is 2.35. The fourth-order valence-electron chi connectivity index (χ4n) is 4.69. The van der Waals surface area contributed by atoms with Crippen LogP contribution in [0.1, 0.15) is 24.2 Å². The Morgan fingerprint density at radius 3 is 2.26 bits per heavy atom. The van der Waals surface area contributed by atoms with Gasteiger partial charge in [0.2, 0.25) is 17.7 Å².